The molecule has 0 saturated heterocycles. The third-order valence-electron chi connectivity index (χ3n) is 4.05. The van der Waals surface area contributed by atoms with Gasteiger partial charge in [0.05, 0.1) is 17.4 Å². The van der Waals surface area contributed by atoms with Crippen LogP contribution >= 0.6 is 0 Å². The summed E-state index contributed by atoms with van der Waals surface area (Å²) in [7, 11) is 1.86. The van der Waals surface area contributed by atoms with Crippen molar-refractivity contribution in [1.82, 2.24) is 14.9 Å². The average Bonchev–Trinajstić information content (AvgIpc) is 2.96. The first-order valence-electron chi connectivity index (χ1n) is 7.79. The van der Waals surface area contributed by atoms with Crippen LogP contribution in [0.3, 0.4) is 0 Å². The van der Waals surface area contributed by atoms with E-state index in [0.717, 1.165) is 34.3 Å². The topological polar surface area (TPSA) is 56.2 Å². The van der Waals surface area contributed by atoms with Gasteiger partial charge in [-0.15, -0.1) is 0 Å². The third kappa shape index (κ3) is 3.49. The molecule has 0 bridgehead atoms. The van der Waals surface area contributed by atoms with E-state index in [9.17, 15) is 18.0 Å². The molecule has 1 amide bonds. The fraction of sp³-hybridized carbons (Fsp3) is 0.222. The number of rotatable bonds is 5. The predicted molar refractivity (Wildman–Crippen MR) is 89.7 cm³/mol. The zero-order valence-electron chi connectivity index (χ0n) is 14.1. The number of ether oxygens (including phenoxy) is 1. The van der Waals surface area contributed by atoms with Gasteiger partial charge in [-0.05, 0) is 36.8 Å². The number of fused-ring (bicyclic) bond motifs is 1. The maximum atomic E-state index is 13.8. The number of carbonyl (C=O) groups is 1. The van der Waals surface area contributed by atoms with Crippen LogP contribution in [0.25, 0.3) is 11.0 Å². The molecule has 0 saturated carbocycles. The quantitative estimate of drug-likeness (QED) is 0.754. The summed E-state index contributed by atoms with van der Waals surface area (Å²) >= 11 is 0. The van der Waals surface area contributed by atoms with Crippen LogP contribution in [-0.2, 0) is 13.6 Å². The SMILES string of the molecule is Cc1ccc2ncn(C)c2c1CNC(=O)c1ccc(OC(F)F)c(F)c1. The van der Waals surface area contributed by atoms with Gasteiger partial charge in [0.1, 0.15) is 0 Å². The second kappa shape index (κ2) is 7.07. The van der Waals surface area contributed by atoms with Gasteiger partial charge in [0.15, 0.2) is 11.6 Å². The molecule has 0 spiro atoms. The molecular formula is C18H16F3N3O2. The number of aryl methyl sites for hydroxylation is 2. The number of alkyl halides is 2. The van der Waals surface area contributed by atoms with Crippen LogP contribution in [0.4, 0.5) is 13.2 Å². The summed E-state index contributed by atoms with van der Waals surface area (Å²) in [5, 5.41) is 2.72. The number of nitrogens with one attached hydrogen (secondary N) is 1. The molecule has 0 unspecified atom stereocenters. The van der Waals surface area contributed by atoms with E-state index in [4.69, 9.17) is 0 Å². The zero-order valence-corrected chi connectivity index (χ0v) is 14.1. The lowest BCUT2D eigenvalue weighted by molar-refractivity contribution is -0.0521. The Hall–Kier alpha value is -3.03. The number of carbonyl (C=O) groups excluding carboxylic acids is 1. The summed E-state index contributed by atoms with van der Waals surface area (Å²) in [6, 6.07) is 6.90. The van der Waals surface area contributed by atoms with E-state index >= 15 is 0 Å². The van der Waals surface area contributed by atoms with Crippen LogP contribution < -0.4 is 10.1 Å². The maximum absolute atomic E-state index is 13.8. The average molecular weight is 363 g/mol. The molecule has 136 valence electrons. The largest absolute Gasteiger partial charge is 0.432 e. The Morgan fingerprint density at radius 2 is 2.08 bits per heavy atom. The minimum Gasteiger partial charge on any atom is -0.432 e. The van der Waals surface area contributed by atoms with Crippen LogP contribution in [0.15, 0.2) is 36.7 Å². The van der Waals surface area contributed by atoms with Gasteiger partial charge in [-0.2, -0.15) is 8.78 Å². The van der Waals surface area contributed by atoms with Crippen LogP contribution in [0.2, 0.25) is 0 Å². The lowest BCUT2D eigenvalue weighted by Gasteiger charge is -2.11. The highest BCUT2D eigenvalue weighted by atomic mass is 19.3. The maximum Gasteiger partial charge on any atom is 0.387 e. The molecule has 0 aliphatic rings. The molecule has 1 N–H and O–H groups in total. The molecular weight excluding hydrogens is 347 g/mol. The second-order valence-corrected chi connectivity index (χ2v) is 5.79. The lowest BCUT2D eigenvalue weighted by Crippen LogP contribution is -2.23. The number of nitrogens with zero attached hydrogens (tertiary/aromatic N) is 2. The molecule has 0 aliphatic heterocycles. The Bertz CT molecular complexity index is 970. The number of amides is 1. The van der Waals surface area contributed by atoms with Gasteiger partial charge in [-0.25, -0.2) is 9.37 Å². The van der Waals surface area contributed by atoms with Crippen molar-refractivity contribution in [3.8, 4) is 5.75 Å². The molecule has 1 aromatic heterocycles. The molecule has 3 rings (SSSR count). The highest BCUT2D eigenvalue weighted by Gasteiger charge is 2.15. The first-order chi connectivity index (χ1) is 12.4. The molecule has 0 fully saturated rings. The predicted octanol–water partition coefficient (Wildman–Crippen LogP) is 3.55. The molecule has 0 radical (unpaired) electrons. The summed E-state index contributed by atoms with van der Waals surface area (Å²) in [5.74, 6) is -2.15. The standard InChI is InChI=1S/C18H16F3N3O2/c1-10-3-5-14-16(24(2)9-23-14)12(10)8-22-17(25)11-4-6-15(13(19)7-11)26-18(20)21/h3-7,9,18H,8H2,1-2H3,(H,22,25). The number of hydrogen-bond donors (Lipinski definition) is 1. The molecule has 5 nitrogen and oxygen atoms in total. The van der Waals surface area contributed by atoms with Gasteiger partial charge >= 0.3 is 6.61 Å². The fourth-order valence-electron chi connectivity index (χ4n) is 2.76. The van der Waals surface area contributed by atoms with Crippen molar-refractivity contribution in [3.05, 3.63) is 59.2 Å². The van der Waals surface area contributed by atoms with Gasteiger partial charge in [-0.1, -0.05) is 6.07 Å². The highest BCUT2D eigenvalue weighted by Crippen LogP contribution is 2.22. The number of halogens is 3. The fourth-order valence-corrected chi connectivity index (χ4v) is 2.76. The zero-order chi connectivity index (χ0) is 18.8. The van der Waals surface area contributed by atoms with Crippen molar-refractivity contribution in [2.24, 2.45) is 7.05 Å². The van der Waals surface area contributed by atoms with Crippen molar-refractivity contribution in [2.75, 3.05) is 0 Å². The van der Waals surface area contributed by atoms with E-state index in [1.54, 1.807) is 6.33 Å². The van der Waals surface area contributed by atoms with Gasteiger partial charge in [0.2, 0.25) is 0 Å². The third-order valence-corrected chi connectivity index (χ3v) is 4.05. The Morgan fingerprint density at radius 1 is 1.31 bits per heavy atom. The Kier molecular flexibility index (Phi) is 4.83. The van der Waals surface area contributed by atoms with Crippen molar-refractivity contribution in [3.63, 3.8) is 0 Å². The Labute approximate surface area is 147 Å². The number of aromatic nitrogens is 2. The second-order valence-electron chi connectivity index (χ2n) is 5.79. The summed E-state index contributed by atoms with van der Waals surface area (Å²) < 4.78 is 44.0. The monoisotopic (exact) mass is 363 g/mol. The number of benzene rings is 2. The van der Waals surface area contributed by atoms with E-state index in [1.807, 2.05) is 30.7 Å². The molecule has 26 heavy (non-hydrogen) atoms. The van der Waals surface area contributed by atoms with Crippen molar-refractivity contribution < 1.29 is 22.7 Å². The minimum atomic E-state index is -3.13. The Morgan fingerprint density at radius 3 is 2.77 bits per heavy atom. The van der Waals surface area contributed by atoms with E-state index in [2.05, 4.69) is 15.0 Å². The number of imidazole rings is 1. The summed E-state index contributed by atoms with van der Waals surface area (Å²) in [6.45, 7) is -0.991. The van der Waals surface area contributed by atoms with Crippen LogP contribution in [-0.4, -0.2) is 22.1 Å². The number of hydrogen-bond acceptors (Lipinski definition) is 3. The van der Waals surface area contributed by atoms with Crippen LogP contribution in [0, 0.1) is 12.7 Å². The minimum absolute atomic E-state index is 0.0129. The van der Waals surface area contributed by atoms with Crippen molar-refractivity contribution in [1.29, 1.82) is 0 Å². The van der Waals surface area contributed by atoms with E-state index < -0.39 is 24.1 Å². The van der Waals surface area contributed by atoms with Gasteiger partial charge in [0.25, 0.3) is 5.91 Å². The molecule has 1 heterocycles. The van der Waals surface area contributed by atoms with Crippen LogP contribution in [0.1, 0.15) is 21.5 Å². The summed E-state index contributed by atoms with van der Waals surface area (Å²) in [6.07, 6.45) is 1.69. The summed E-state index contributed by atoms with van der Waals surface area (Å²) in [5.41, 5.74) is 3.60. The van der Waals surface area contributed by atoms with Crippen molar-refractivity contribution in [2.45, 2.75) is 20.1 Å². The summed E-state index contributed by atoms with van der Waals surface area (Å²) in [4.78, 5) is 16.6. The van der Waals surface area contributed by atoms with Crippen molar-refractivity contribution >= 4 is 16.9 Å². The van der Waals surface area contributed by atoms with E-state index in [1.165, 1.54) is 6.07 Å². The van der Waals surface area contributed by atoms with Gasteiger partial charge in [0, 0.05) is 24.7 Å². The molecule has 3 aromatic rings. The first kappa shape index (κ1) is 17.8. The molecule has 8 heteroatoms. The van der Waals surface area contributed by atoms with E-state index in [0.29, 0.717) is 0 Å². The first-order valence-corrected chi connectivity index (χ1v) is 7.79. The molecule has 0 aliphatic carbocycles. The lowest BCUT2D eigenvalue weighted by atomic mass is 10.1. The molecule has 0 atom stereocenters. The van der Waals surface area contributed by atoms with Gasteiger partial charge < -0.3 is 14.6 Å². The van der Waals surface area contributed by atoms with E-state index in [-0.39, 0.29) is 12.1 Å². The molecule has 2 aromatic carbocycles. The smallest absolute Gasteiger partial charge is 0.387 e. The van der Waals surface area contributed by atoms with Crippen LogP contribution in [0.5, 0.6) is 5.75 Å². The van der Waals surface area contributed by atoms with Gasteiger partial charge in [-0.3, -0.25) is 4.79 Å². The normalized spacial score (nSPS) is 11.2. The highest BCUT2D eigenvalue weighted by molar-refractivity contribution is 5.94. The Balaban J connectivity index is 1.78.